The molecule has 0 amide bonds. The van der Waals surface area contributed by atoms with Crippen molar-refractivity contribution in [1.82, 2.24) is 19.6 Å². The molecule has 0 spiro atoms. The van der Waals surface area contributed by atoms with Crippen molar-refractivity contribution >= 4 is 0 Å². The molecule has 3 unspecified atom stereocenters. The summed E-state index contributed by atoms with van der Waals surface area (Å²) in [5.41, 5.74) is 7.20. The fourth-order valence-corrected chi connectivity index (χ4v) is 2.81. The lowest BCUT2D eigenvalue weighted by Gasteiger charge is -2.45. The van der Waals surface area contributed by atoms with Gasteiger partial charge in [0.15, 0.2) is 0 Å². The second-order valence-electron chi connectivity index (χ2n) is 5.52. The van der Waals surface area contributed by atoms with Gasteiger partial charge in [0.25, 0.3) is 0 Å². The fourth-order valence-electron chi connectivity index (χ4n) is 2.81. The lowest BCUT2D eigenvalue weighted by atomic mass is 10.0. The van der Waals surface area contributed by atoms with E-state index in [1.54, 1.807) is 0 Å². The molecular weight excluding hydrogens is 226 g/mol. The topological polar surface area (TPSA) is 50.3 Å². The van der Waals surface area contributed by atoms with Crippen molar-refractivity contribution in [3.63, 3.8) is 0 Å². The number of piperazine rings is 1. The Kier molecular flexibility index (Phi) is 4.04. The molecule has 0 saturated carbocycles. The van der Waals surface area contributed by atoms with Gasteiger partial charge in [-0.3, -0.25) is 14.5 Å². The van der Waals surface area contributed by atoms with Gasteiger partial charge in [0, 0.05) is 50.5 Å². The molecule has 1 aromatic heterocycles. The fraction of sp³-hybridized carbons (Fsp3) is 0.769. The summed E-state index contributed by atoms with van der Waals surface area (Å²) in [5.74, 6) is 0. The molecule has 0 radical (unpaired) electrons. The second kappa shape index (κ2) is 5.38. The second-order valence-corrected chi connectivity index (χ2v) is 5.52. The maximum absolute atomic E-state index is 5.98. The molecule has 0 aliphatic carbocycles. The summed E-state index contributed by atoms with van der Waals surface area (Å²) < 4.78 is 1.85. The summed E-state index contributed by atoms with van der Waals surface area (Å²) in [6, 6.07) is 1.43. The van der Waals surface area contributed by atoms with E-state index in [9.17, 15) is 0 Å². The lowest BCUT2D eigenvalue weighted by Crippen LogP contribution is -2.56. The van der Waals surface area contributed by atoms with Crippen LogP contribution in [-0.2, 0) is 7.05 Å². The predicted octanol–water partition coefficient (Wildman–Crippen LogP) is 0.444. The van der Waals surface area contributed by atoms with Crippen LogP contribution in [0.4, 0.5) is 0 Å². The van der Waals surface area contributed by atoms with Gasteiger partial charge in [-0.05, 0) is 20.9 Å². The van der Waals surface area contributed by atoms with E-state index in [0.717, 1.165) is 13.1 Å². The van der Waals surface area contributed by atoms with E-state index in [1.165, 1.54) is 5.56 Å². The third-order valence-corrected chi connectivity index (χ3v) is 4.16. The third-order valence-electron chi connectivity index (χ3n) is 4.16. The van der Waals surface area contributed by atoms with Crippen LogP contribution in [0, 0.1) is 0 Å². The Morgan fingerprint density at radius 2 is 1.94 bits per heavy atom. The zero-order chi connectivity index (χ0) is 13.3. The molecule has 0 bridgehead atoms. The SMILES string of the molecule is CC1CN(C(CN)c2cnn(C)c2)CC(C)N1C. The smallest absolute Gasteiger partial charge is 0.0538 e. The van der Waals surface area contributed by atoms with Crippen LogP contribution in [-0.4, -0.2) is 58.3 Å². The largest absolute Gasteiger partial charge is 0.329 e. The van der Waals surface area contributed by atoms with Gasteiger partial charge in [-0.1, -0.05) is 0 Å². The first-order chi connectivity index (χ1) is 8.52. The van der Waals surface area contributed by atoms with Crippen molar-refractivity contribution in [2.75, 3.05) is 26.7 Å². The van der Waals surface area contributed by atoms with Crippen LogP contribution in [0.15, 0.2) is 12.4 Å². The molecule has 2 heterocycles. The number of aryl methyl sites for hydroxylation is 1. The third kappa shape index (κ3) is 2.58. The van der Waals surface area contributed by atoms with Crippen LogP contribution in [0.2, 0.25) is 0 Å². The standard InChI is InChI=1S/C13H25N5/c1-10-7-18(8-11(2)17(10)4)13(5-14)12-6-15-16(3)9-12/h6,9-11,13H,5,7-8,14H2,1-4H3. The van der Waals surface area contributed by atoms with E-state index in [0.29, 0.717) is 18.6 Å². The maximum Gasteiger partial charge on any atom is 0.0538 e. The number of hydrogen-bond donors (Lipinski definition) is 1. The van der Waals surface area contributed by atoms with E-state index in [1.807, 2.05) is 17.9 Å². The average Bonchev–Trinajstić information content (AvgIpc) is 2.73. The molecule has 18 heavy (non-hydrogen) atoms. The first-order valence-electron chi connectivity index (χ1n) is 6.67. The van der Waals surface area contributed by atoms with Crippen LogP contribution in [0.25, 0.3) is 0 Å². The summed E-state index contributed by atoms with van der Waals surface area (Å²) in [6.45, 7) is 7.34. The van der Waals surface area contributed by atoms with Crippen molar-refractivity contribution < 1.29 is 0 Å². The van der Waals surface area contributed by atoms with E-state index < -0.39 is 0 Å². The highest BCUT2D eigenvalue weighted by molar-refractivity contribution is 5.12. The monoisotopic (exact) mass is 251 g/mol. The Labute approximate surface area is 110 Å². The highest BCUT2D eigenvalue weighted by Gasteiger charge is 2.31. The first-order valence-corrected chi connectivity index (χ1v) is 6.67. The van der Waals surface area contributed by atoms with Crippen LogP contribution >= 0.6 is 0 Å². The molecule has 2 N–H and O–H groups in total. The van der Waals surface area contributed by atoms with Gasteiger partial charge in [0.2, 0.25) is 0 Å². The Bertz CT molecular complexity index is 376. The van der Waals surface area contributed by atoms with E-state index in [4.69, 9.17) is 5.73 Å². The zero-order valence-electron chi connectivity index (χ0n) is 11.9. The predicted molar refractivity (Wildman–Crippen MR) is 73.3 cm³/mol. The summed E-state index contributed by atoms with van der Waals surface area (Å²) in [5, 5.41) is 4.26. The van der Waals surface area contributed by atoms with Gasteiger partial charge in [-0.15, -0.1) is 0 Å². The van der Waals surface area contributed by atoms with E-state index in [-0.39, 0.29) is 6.04 Å². The van der Waals surface area contributed by atoms with Crippen LogP contribution in [0.1, 0.15) is 25.5 Å². The Morgan fingerprint density at radius 3 is 2.39 bits per heavy atom. The zero-order valence-corrected chi connectivity index (χ0v) is 11.9. The Morgan fingerprint density at radius 1 is 1.33 bits per heavy atom. The number of nitrogens with two attached hydrogens (primary N) is 1. The van der Waals surface area contributed by atoms with Gasteiger partial charge in [0.05, 0.1) is 12.2 Å². The minimum absolute atomic E-state index is 0.289. The van der Waals surface area contributed by atoms with Crippen molar-refractivity contribution in [1.29, 1.82) is 0 Å². The van der Waals surface area contributed by atoms with Crippen LogP contribution < -0.4 is 5.73 Å². The van der Waals surface area contributed by atoms with Gasteiger partial charge >= 0.3 is 0 Å². The number of rotatable bonds is 3. The quantitative estimate of drug-likeness (QED) is 0.847. The number of likely N-dealkylation sites (N-methyl/N-ethyl adjacent to an activating group) is 1. The van der Waals surface area contributed by atoms with Crippen LogP contribution in [0.5, 0.6) is 0 Å². The minimum Gasteiger partial charge on any atom is -0.329 e. The molecule has 1 aliphatic rings. The van der Waals surface area contributed by atoms with E-state index >= 15 is 0 Å². The van der Waals surface area contributed by atoms with Gasteiger partial charge < -0.3 is 5.73 Å². The summed E-state index contributed by atoms with van der Waals surface area (Å²) in [7, 11) is 4.15. The molecule has 1 saturated heterocycles. The summed E-state index contributed by atoms with van der Waals surface area (Å²) in [4.78, 5) is 4.93. The molecule has 1 aliphatic heterocycles. The molecule has 102 valence electrons. The normalized spacial score (nSPS) is 28.5. The average molecular weight is 251 g/mol. The first kappa shape index (κ1) is 13.5. The summed E-state index contributed by atoms with van der Waals surface area (Å²) in [6.07, 6.45) is 4.01. The van der Waals surface area contributed by atoms with Gasteiger partial charge in [0.1, 0.15) is 0 Å². The number of hydrogen-bond acceptors (Lipinski definition) is 4. The van der Waals surface area contributed by atoms with Gasteiger partial charge in [-0.2, -0.15) is 5.10 Å². The molecule has 0 aromatic carbocycles. The lowest BCUT2D eigenvalue weighted by molar-refractivity contribution is 0.0352. The van der Waals surface area contributed by atoms with E-state index in [2.05, 4.69) is 42.0 Å². The minimum atomic E-state index is 0.289. The number of nitrogens with zero attached hydrogens (tertiary/aromatic N) is 4. The molecular formula is C13H25N5. The van der Waals surface area contributed by atoms with Crippen molar-refractivity contribution in [3.8, 4) is 0 Å². The highest BCUT2D eigenvalue weighted by atomic mass is 15.3. The molecule has 5 heteroatoms. The van der Waals surface area contributed by atoms with Crippen molar-refractivity contribution in [2.24, 2.45) is 12.8 Å². The molecule has 2 rings (SSSR count). The molecule has 5 nitrogen and oxygen atoms in total. The Hall–Kier alpha value is -0.910. The maximum atomic E-state index is 5.98. The van der Waals surface area contributed by atoms with Crippen LogP contribution in [0.3, 0.4) is 0 Å². The van der Waals surface area contributed by atoms with Crippen molar-refractivity contribution in [2.45, 2.75) is 32.0 Å². The molecule has 3 atom stereocenters. The highest BCUT2D eigenvalue weighted by Crippen LogP contribution is 2.24. The van der Waals surface area contributed by atoms with Crippen molar-refractivity contribution in [3.05, 3.63) is 18.0 Å². The Balaban J connectivity index is 2.13. The summed E-state index contributed by atoms with van der Waals surface area (Å²) >= 11 is 0. The molecule has 1 aromatic rings. The molecule has 1 fully saturated rings. The van der Waals surface area contributed by atoms with Gasteiger partial charge in [-0.25, -0.2) is 0 Å². The number of aromatic nitrogens is 2.